The fourth-order valence-corrected chi connectivity index (χ4v) is 1.25. The maximum absolute atomic E-state index is 12.9. The lowest BCUT2D eigenvalue weighted by molar-refractivity contribution is -0.370. The minimum atomic E-state index is -6.58. The van der Waals surface area contributed by atoms with E-state index in [2.05, 4.69) is 4.74 Å². The van der Waals surface area contributed by atoms with Crippen molar-refractivity contribution in [1.29, 1.82) is 0 Å². The van der Waals surface area contributed by atoms with Crippen molar-refractivity contribution in [3.8, 4) is 0 Å². The van der Waals surface area contributed by atoms with E-state index < -0.39 is 41.9 Å². The zero-order valence-electron chi connectivity index (χ0n) is 8.52. The number of hydrogen-bond acceptors (Lipinski definition) is 1. The molecule has 0 aliphatic heterocycles. The fraction of sp³-hybridized carbons (Fsp3) is 0.750. The van der Waals surface area contributed by atoms with Crippen molar-refractivity contribution in [3.63, 3.8) is 0 Å². The first-order valence-electron chi connectivity index (χ1n) is 4.40. The molecule has 18 heavy (non-hydrogen) atoms. The Hall–Kier alpha value is -1.09. The van der Waals surface area contributed by atoms with Crippen LogP contribution in [0, 0.1) is 0 Å². The first-order chi connectivity index (χ1) is 7.85. The molecule has 10 heteroatoms. The van der Waals surface area contributed by atoms with E-state index in [-0.39, 0.29) is 0 Å². The molecule has 106 valence electrons. The third-order valence-corrected chi connectivity index (χ3v) is 2.23. The molecule has 0 radical (unpaired) electrons. The topological polar surface area (TPSA) is 9.23 Å². The molecule has 0 amide bonds. The van der Waals surface area contributed by atoms with Crippen molar-refractivity contribution >= 4 is 0 Å². The molecule has 0 heterocycles. The van der Waals surface area contributed by atoms with Crippen LogP contribution in [0.15, 0.2) is 11.6 Å². The van der Waals surface area contributed by atoms with Gasteiger partial charge in [-0.15, -0.1) is 0 Å². The van der Waals surface area contributed by atoms with Crippen LogP contribution in [0.2, 0.25) is 0 Å². The Bertz CT molecular complexity index is 384. The highest BCUT2D eigenvalue weighted by molar-refractivity contribution is 5.32. The van der Waals surface area contributed by atoms with Gasteiger partial charge in [-0.25, -0.2) is 4.39 Å². The van der Waals surface area contributed by atoms with Crippen LogP contribution in [0.3, 0.4) is 0 Å². The molecule has 0 aromatic carbocycles. The molecular formula is C8H5F9O. The molecule has 0 N–H and O–H groups in total. The lowest BCUT2D eigenvalue weighted by atomic mass is 9.89. The Kier molecular flexibility index (Phi) is 3.08. The van der Waals surface area contributed by atoms with E-state index in [9.17, 15) is 39.5 Å². The summed E-state index contributed by atoms with van der Waals surface area (Å²) in [5.74, 6) is -31.2. The number of alkyl halides is 8. The molecule has 1 aliphatic rings. The summed E-state index contributed by atoms with van der Waals surface area (Å²) in [6.45, 7) is 0.0233. The van der Waals surface area contributed by atoms with E-state index in [4.69, 9.17) is 0 Å². The summed E-state index contributed by atoms with van der Waals surface area (Å²) in [5.41, 5.74) is 0. The maximum atomic E-state index is 12.9. The lowest BCUT2D eigenvalue weighted by Crippen LogP contribution is -2.66. The van der Waals surface area contributed by atoms with E-state index in [1.165, 1.54) is 0 Å². The highest BCUT2D eigenvalue weighted by Gasteiger charge is 2.87. The third kappa shape index (κ3) is 1.43. The molecule has 0 saturated heterocycles. The maximum Gasteiger partial charge on any atom is 0.386 e. The van der Waals surface area contributed by atoms with Crippen LogP contribution in [0.5, 0.6) is 0 Å². The number of halogens is 9. The summed E-state index contributed by atoms with van der Waals surface area (Å²) in [6, 6.07) is 0. The summed E-state index contributed by atoms with van der Waals surface area (Å²) in [7, 11) is 0. The van der Waals surface area contributed by atoms with Gasteiger partial charge in [-0.05, 0) is 6.92 Å². The molecular weight excluding hydrogens is 283 g/mol. The molecule has 0 aromatic rings. The van der Waals surface area contributed by atoms with Crippen LogP contribution in [-0.4, -0.2) is 30.3 Å². The van der Waals surface area contributed by atoms with Crippen LogP contribution < -0.4 is 0 Å². The quantitative estimate of drug-likeness (QED) is 0.703. The van der Waals surface area contributed by atoms with Crippen LogP contribution in [0.1, 0.15) is 6.92 Å². The fourth-order valence-electron chi connectivity index (χ4n) is 1.25. The second-order valence-corrected chi connectivity index (χ2v) is 3.37. The predicted molar refractivity (Wildman–Crippen MR) is 39.5 cm³/mol. The molecule has 0 saturated carbocycles. The first kappa shape index (κ1) is 15.0. The Morgan fingerprint density at radius 1 is 0.833 bits per heavy atom. The summed E-state index contributed by atoms with van der Waals surface area (Å²) < 4.78 is 118. The average molecular weight is 288 g/mol. The highest BCUT2D eigenvalue weighted by atomic mass is 19.4. The van der Waals surface area contributed by atoms with Crippen LogP contribution >= 0.6 is 0 Å². The molecule has 0 fully saturated rings. The van der Waals surface area contributed by atoms with Gasteiger partial charge in [0.05, 0.1) is 6.61 Å². The van der Waals surface area contributed by atoms with Crippen molar-refractivity contribution in [1.82, 2.24) is 0 Å². The van der Waals surface area contributed by atoms with Crippen LogP contribution in [0.25, 0.3) is 0 Å². The van der Waals surface area contributed by atoms with Crippen molar-refractivity contribution in [3.05, 3.63) is 11.6 Å². The molecule has 0 unspecified atom stereocenters. The van der Waals surface area contributed by atoms with Crippen LogP contribution in [-0.2, 0) is 4.74 Å². The van der Waals surface area contributed by atoms with E-state index in [0.29, 0.717) is 0 Å². The highest BCUT2D eigenvalue weighted by Crippen LogP contribution is 2.61. The van der Waals surface area contributed by atoms with Gasteiger partial charge in [0.1, 0.15) is 0 Å². The van der Waals surface area contributed by atoms with Gasteiger partial charge < -0.3 is 4.74 Å². The van der Waals surface area contributed by atoms with Crippen molar-refractivity contribution in [2.24, 2.45) is 0 Å². The molecule has 0 atom stereocenters. The standard InChI is InChI=1S/C8H5F9O/c1-2-18-4-3(9)5(10,11)7(14,15)8(16,17)6(4,12)13/h2H2,1H3. The van der Waals surface area contributed by atoms with Gasteiger partial charge >= 0.3 is 23.7 Å². The van der Waals surface area contributed by atoms with Gasteiger partial charge in [-0.3, -0.25) is 0 Å². The normalized spacial score (nSPS) is 28.1. The number of allylic oxidation sites excluding steroid dienone is 2. The van der Waals surface area contributed by atoms with E-state index in [0.717, 1.165) is 6.92 Å². The van der Waals surface area contributed by atoms with E-state index in [1.54, 1.807) is 0 Å². The van der Waals surface area contributed by atoms with E-state index >= 15 is 0 Å². The third-order valence-electron chi connectivity index (χ3n) is 2.23. The average Bonchev–Trinajstić information content (AvgIpc) is 2.22. The van der Waals surface area contributed by atoms with Gasteiger partial charge in [0.2, 0.25) is 11.6 Å². The number of hydrogen-bond donors (Lipinski definition) is 0. The minimum absolute atomic E-state index is 0.879. The summed E-state index contributed by atoms with van der Waals surface area (Å²) in [6.07, 6.45) is 0. The van der Waals surface area contributed by atoms with Crippen molar-refractivity contribution in [2.45, 2.75) is 30.6 Å². The van der Waals surface area contributed by atoms with Gasteiger partial charge in [0.25, 0.3) is 0 Å². The molecule has 1 nitrogen and oxygen atoms in total. The molecule has 1 rings (SSSR count). The van der Waals surface area contributed by atoms with Crippen molar-refractivity contribution < 1.29 is 44.3 Å². The summed E-state index contributed by atoms with van der Waals surface area (Å²) in [5, 5.41) is 0. The van der Waals surface area contributed by atoms with Gasteiger partial charge in [-0.2, -0.15) is 35.1 Å². The number of rotatable bonds is 2. The van der Waals surface area contributed by atoms with Gasteiger partial charge in [0, 0.05) is 0 Å². The Balaban J connectivity index is 3.62. The summed E-state index contributed by atoms with van der Waals surface area (Å²) >= 11 is 0. The molecule has 0 spiro atoms. The smallest absolute Gasteiger partial charge is 0.386 e. The van der Waals surface area contributed by atoms with Gasteiger partial charge in [-0.1, -0.05) is 0 Å². The first-order valence-corrected chi connectivity index (χ1v) is 4.40. The Morgan fingerprint density at radius 2 is 1.22 bits per heavy atom. The monoisotopic (exact) mass is 288 g/mol. The lowest BCUT2D eigenvalue weighted by Gasteiger charge is -2.40. The number of ether oxygens (including phenoxy) is 1. The Labute approximate surface area is 94.2 Å². The second-order valence-electron chi connectivity index (χ2n) is 3.37. The van der Waals surface area contributed by atoms with E-state index in [1.807, 2.05) is 0 Å². The second kappa shape index (κ2) is 3.70. The zero-order chi connectivity index (χ0) is 14.6. The summed E-state index contributed by atoms with van der Waals surface area (Å²) in [4.78, 5) is 0. The molecule has 0 aromatic heterocycles. The zero-order valence-corrected chi connectivity index (χ0v) is 8.52. The Morgan fingerprint density at radius 3 is 1.61 bits per heavy atom. The minimum Gasteiger partial charge on any atom is -0.489 e. The predicted octanol–water partition coefficient (Wildman–Crippen LogP) is 3.76. The van der Waals surface area contributed by atoms with Crippen molar-refractivity contribution in [2.75, 3.05) is 6.61 Å². The molecule has 1 aliphatic carbocycles. The largest absolute Gasteiger partial charge is 0.489 e. The van der Waals surface area contributed by atoms with Crippen LogP contribution in [0.4, 0.5) is 39.5 Å². The molecule has 0 bridgehead atoms. The van der Waals surface area contributed by atoms with Gasteiger partial charge in [0.15, 0.2) is 0 Å². The SMILES string of the molecule is CCOC1=C(F)C(F)(F)C(F)(F)C(F)(F)C1(F)F.